The molecule has 1 fully saturated rings. The normalized spacial score (nSPS) is 22.4. The van der Waals surface area contributed by atoms with Crippen molar-refractivity contribution in [3.63, 3.8) is 0 Å². The number of carbonyl (C=O) groups is 2. The first-order chi connectivity index (χ1) is 5.66. The van der Waals surface area contributed by atoms with E-state index >= 15 is 0 Å². The van der Waals surface area contributed by atoms with Gasteiger partial charge in [0.05, 0.1) is 6.54 Å². The van der Waals surface area contributed by atoms with Crippen molar-refractivity contribution in [3.8, 4) is 12.3 Å². The summed E-state index contributed by atoms with van der Waals surface area (Å²) in [4.78, 5) is 23.4. The lowest BCUT2D eigenvalue weighted by molar-refractivity contribution is -0.136. The molecule has 0 aromatic heterocycles. The molecule has 1 atom stereocenters. The summed E-state index contributed by atoms with van der Waals surface area (Å²) in [5.74, 6) is 0.907. The average molecular weight is 166 g/mol. The third-order valence-electron chi connectivity index (χ3n) is 1.92. The van der Waals surface area contributed by atoms with Crippen LogP contribution in [-0.4, -0.2) is 29.8 Å². The van der Waals surface area contributed by atoms with Crippen LogP contribution < -0.4 is 5.73 Å². The zero-order chi connectivity index (χ0) is 9.14. The van der Waals surface area contributed by atoms with Crippen LogP contribution in [0.4, 0.5) is 0 Å². The molecule has 1 aliphatic heterocycles. The number of terminal acetylenes is 1. The minimum absolute atomic E-state index is 0.236. The van der Waals surface area contributed by atoms with E-state index in [4.69, 9.17) is 12.2 Å². The number of rotatable bonds is 2. The summed E-state index contributed by atoms with van der Waals surface area (Å²) < 4.78 is 0. The van der Waals surface area contributed by atoms with Crippen molar-refractivity contribution in [2.75, 3.05) is 13.1 Å². The van der Waals surface area contributed by atoms with Crippen LogP contribution in [0.1, 0.15) is 6.42 Å². The highest BCUT2D eigenvalue weighted by Gasteiger charge is 2.34. The van der Waals surface area contributed by atoms with Gasteiger partial charge in [-0.3, -0.25) is 9.59 Å². The third kappa shape index (κ3) is 1.40. The molecular formula is C8H10N2O2. The Balaban J connectivity index is 2.62. The second-order valence-electron chi connectivity index (χ2n) is 2.71. The number of primary amides is 1. The summed E-state index contributed by atoms with van der Waals surface area (Å²) in [5, 5.41) is 0. The molecule has 2 N–H and O–H groups in total. The molecule has 0 radical (unpaired) electrons. The molecule has 1 aliphatic rings. The lowest BCUT2D eigenvalue weighted by atomic mass is 10.1. The second kappa shape index (κ2) is 3.26. The predicted molar refractivity (Wildman–Crippen MR) is 42.7 cm³/mol. The van der Waals surface area contributed by atoms with Crippen LogP contribution in [0.2, 0.25) is 0 Å². The van der Waals surface area contributed by atoms with Crippen LogP contribution in [0.25, 0.3) is 0 Å². The Bertz CT molecular complexity index is 254. The van der Waals surface area contributed by atoms with E-state index in [-0.39, 0.29) is 12.5 Å². The van der Waals surface area contributed by atoms with E-state index in [0.29, 0.717) is 13.0 Å². The Kier molecular flexibility index (Phi) is 2.34. The van der Waals surface area contributed by atoms with Crippen LogP contribution in [0, 0.1) is 18.3 Å². The molecule has 1 saturated heterocycles. The molecule has 4 nitrogen and oxygen atoms in total. The predicted octanol–water partition coefficient (Wildman–Crippen LogP) is -1.05. The lowest BCUT2D eigenvalue weighted by Gasteiger charge is -2.11. The summed E-state index contributed by atoms with van der Waals surface area (Å²) in [6.45, 7) is 0.805. The zero-order valence-corrected chi connectivity index (χ0v) is 6.62. The van der Waals surface area contributed by atoms with E-state index in [0.717, 1.165) is 0 Å². The van der Waals surface area contributed by atoms with Crippen molar-refractivity contribution in [2.45, 2.75) is 6.42 Å². The first-order valence-corrected chi connectivity index (χ1v) is 3.68. The van der Waals surface area contributed by atoms with E-state index < -0.39 is 11.8 Å². The Hall–Kier alpha value is -1.50. The summed E-state index contributed by atoms with van der Waals surface area (Å²) in [5.41, 5.74) is 5.01. The van der Waals surface area contributed by atoms with Gasteiger partial charge in [-0.25, -0.2) is 0 Å². The maximum Gasteiger partial charge on any atom is 0.235 e. The van der Waals surface area contributed by atoms with Crippen LogP contribution in [0.3, 0.4) is 0 Å². The Labute approximate surface area is 70.7 Å². The van der Waals surface area contributed by atoms with Crippen molar-refractivity contribution >= 4 is 11.8 Å². The summed E-state index contributed by atoms with van der Waals surface area (Å²) >= 11 is 0. The van der Waals surface area contributed by atoms with Crippen LogP contribution in [-0.2, 0) is 9.59 Å². The van der Waals surface area contributed by atoms with Gasteiger partial charge >= 0.3 is 0 Å². The highest BCUT2D eigenvalue weighted by molar-refractivity contribution is 6.00. The molecule has 0 unspecified atom stereocenters. The van der Waals surface area contributed by atoms with Gasteiger partial charge in [0, 0.05) is 6.54 Å². The van der Waals surface area contributed by atoms with Gasteiger partial charge in [0.25, 0.3) is 0 Å². The van der Waals surface area contributed by atoms with Gasteiger partial charge in [0.2, 0.25) is 11.8 Å². The number of amides is 2. The van der Waals surface area contributed by atoms with Crippen LogP contribution in [0.5, 0.6) is 0 Å². The van der Waals surface area contributed by atoms with Crippen molar-refractivity contribution in [2.24, 2.45) is 11.7 Å². The standard InChI is InChI=1S/C8H10N2O2/c1-2-4-10-5-3-6(7(9)11)8(10)12/h1,6H,3-5H2,(H2,9,11)/t6-/m0/s1. The van der Waals surface area contributed by atoms with Crippen LogP contribution >= 0.6 is 0 Å². The van der Waals surface area contributed by atoms with Gasteiger partial charge in [-0.2, -0.15) is 0 Å². The molecule has 2 amide bonds. The number of nitrogens with two attached hydrogens (primary N) is 1. The fraction of sp³-hybridized carbons (Fsp3) is 0.500. The topological polar surface area (TPSA) is 63.4 Å². The highest BCUT2D eigenvalue weighted by Crippen LogP contribution is 2.16. The van der Waals surface area contributed by atoms with Crippen molar-refractivity contribution in [1.82, 2.24) is 4.90 Å². The SMILES string of the molecule is C#CCN1CC[C@@H](C(N)=O)C1=O. The molecular weight excluding hydrogens is 156 g/mol. The third-order valence-corrected chi connectivity index (χ3v) is 1.92. The molecule has 0 aromatic carbocycles. The minimum atomic E-state index is -0.654. The Morgan fingerprint density at radius 2 is 2.50 bits per heavy atom. The molecule has 1 heterocycles. The smallest absolute Gasteiger partial charge is 0.235 e. The molecule has 0 aliphatic carbocycles. The first kappa shape index (κ1) is 8.60. The largest absolute Gasteiger partial charge is 0.369 e. The van der Waals surface area contributed by atoms with E-state index in [2.05, 4.69) is 5.92 Å². The molecule has 1 rings (SSSR count). The van der Waals surface area contributed by atoms with Crippen molar-refractivity contribution in [3.05, 3.63) is 0 Å². The molecule has 64 valence electrons. The Morgan fingerprint density at radius 3 is 2.92 bits per heavy atom. The number of carbonyl (C=O) groups excluding carboxylic acids is 2. The zero-order valence-electron chi connectivity index (χ0n) is 6.62. The molecule has 0 saturated carbocycles. The maximum absolute atomic E-state index is 11.3. The minimum Gasteiger partial charge on any atom is -0.369 e. The lowest BCUT2D eigenvalue weighted by Crippen LogP contribution is -2.33. The van der Waals surface area contributed by atoms with Crippen molar-refractivity contribution in [1.29, 1.82) is 0 Å². The van der Waals surface area contributed by atoms with Gasteiger partial charge in [-0.15, -0.1) is 6.42 Å². The molecule has 4 heteroatoms. The fourth-order valence-corrected chi connectivity index (χ4v) is 1.27. The number of nitrogens with zero attached hydrogens (tertiary/aromatic N) is 1. The Morgan fingerprint density at radius 1 is 1.83 bits per heavy atom. The molecule has 0 bridgehead atoms. The first-order valence-electron chi connectivity index (χ1n) is 3.68. The number of hydrogen-bond acceptors (Lipinski definition) is 2. The molecule has 0 spiro atoms. The average Bonchev–Trinajstić information content (AvgIpc) is 2.34. The van der Waals surface area contributed by atoms with Gasteiger partial charge in [-0.1, -0.05) is 5.92 Å². The summed E-state index contributed by atoms with van der Waals surface area (Å²) in [6, 6.07) is 0. The maximum atomic E-state index is 11.3. The van der Waals surface area contributed by atoms with Gasteiger partial charge in [-0.05, 0) is 6.42 Å². The van der Waals surface area contributed by atoms with Gasteiger partial charge in [0.1, 0.15) is 5.92 Å². The van der Waals surface area contributed by atoms with Gasteiger partial charge in [0.15, 0.2) is 0 Å². The van der Waals surface area contributed by atoms with E-state index in [1.807, 2.05) is 0 Å². The van der Waals surface area contributed by atoms with E-state index in [9.17, 15) is 9.59 Å². The van der Waals surface area contributed by atoms with E-state index in [1.54, 1.807) is 0 Å². The quantitative estimate of drug-likeness (QED) is 0.420. The van der Waals surface area contributed by atoms with Crippen LogP contribution in [0.15, 0.2) is 0 Å². The molecule has 0 aromatic rings. The van der Waals surface area contributed by atoms with Gasteiger partial charge < -0.3 is 10.6 Å². The molecule has 12 heavy (non-hydrogen) atoms. The van der Waals surface area contributed by atoms with Crippen molar-refractivity contribution < 1.29 is 9.59 Å². The fourth-order valence-electron chi connectivity index (χ4n) is 1.27. The van der Waals surface area contributed by atoms with E-state index in [1.165, 1.54) is 4.90 Å². The summed E-state index contributed by atoms with van der Waals surface area (Å²) in [7, 11) is 0. The number of hydrogen-bond donors (Lipinski definition) is 1. The summed E-state index contributed by atoms with van der Waals surface area (Å²) in [6.07, 6.45) is 5.53. The monoisotopic (exact) mass is 166 g/mol. The second-order valence-corrected chi connectivity index (χ2v) is 2.71. The highest BCUT2D eigenvalue weighted by atomic mass is 16.2. The number of likely N-dealkylation sites (tertiary alicyclic amines) is 1.